The van der Waals surface area contributed by atoms with Crippen molar-refractivity contribution in [2.45, 2.75) is 23.3 Å². The maximum Gasteiger partial charge on any atom is 0.238 e. The van der Waals surface area contributed by atoms with Gasteiger partial charge >= 0.3 is 0 Å². The van der Waals surface area contributed by atoms with E-state index in [1.165, 1.54) is 21.7 Å². The Morgan fingerprint density at radius 1 is 1.06 bits per heavy atom. The van der Waals surface area contributed by atoms with Gasteiger partial charge in [0.2, 0.25) is 10.0 Å². The molecule has 0 amide bonds. The number of rotatable bonds is 4. The molecular weight excluding hydrogens is 432 g/mol. The number of pyridine rings is 1. The molecule has 0 saturated carbocycles. The highest BCUT2D eigenvalue weighted by molar-refractivity contribution is 7.89. The number of sulfonamides is 1. The third kappa shape index (κ3) is 4.01. The van der Waals surface area contributed by atoms with Gasteiger partial charge in [-0.05, 0) is 29.8 Å². The van der Waals surface area contributed by atoms with E-state index in [9.17, 15) is 8.42 Å². The molecule has 2 aromatic carbocycles. The van der Waals surface area contributed by atoms with Crippen LogP contribution in [0.2, 0.25) is 0 Å². The molecule has 0 aliphatic carbocycles. The molecule has 5 rings (SSSR count). The van der Waals surface area contributed by atoms with E-state index in [2.05, 4.69) is 23.2 Å². The lowest BCUT2D eigenvalue weighted by Crippen LogP contribution is -2.26. The van der Waals surface area contributed by atoms with Gasteiger partial charge in [0.05, 0.1) is 17.4 Å². The topological polar surface area (TPSA) is 91.5 Å². The Kier molecular flexibility index (Phi) is 5.13. The van der Waals surface area contributed by atoms with E-state index < -0.39 is 10.0 Å². The number of hydrogen-bond donors (Lipinski definition) is 1. The second kappa shape index (κ2) is 7.96. The highest BCUT2D eigenvalue weighted by Gasteiger charge is 2.31. The molecule has 6 nitrogen and oxygen atoms in total. The smallest absolute Gasteiger partial charge is 0.238 e. The van der Waals surface area contributed by atoms with Crippen LogP contribution in [0, 0.1) is 0 Å². The number of benzene rings is 2. The minimum absolute atomic E-state index is 0.00455. The second-order valence-electron chi connectivity index (χ2n) is 7.40. The summed E-state index contributed by atoms with van der Waals surface area (Å²) in [4.78, 5) is 5.43. The van der Waals surface area contributed by atoms with Crippen LogP contribution < -0.4 is 14.6 Å². The van der Waals surface area contributed by atoms with Crippen LogP contribution in [0.1, 0.15) is 22.8 Å². The third-order valence-corrected chi connectivity index (χ3v) is 7.46. The Morgan fingerprint density at radius 3 is 2.68 bits per heavy atom. The molecule has 2 aromatic heterocycles. The van der Waals surface area contributed by atoms with E-state index in [0.29, 0.717) is 24.5 Å². The van der Waals surface area contributed by atoms with Crippen LogP contribution in [-0.4, -0.2) is 26.1 Å². The molecule has 1 unspecified atom stereocenters. The summed E-state index contributed by atoms with van der Waals surface area (Å²) in [6.45, 7) is 0.404. The lowest BCUT2D eigenvalue weighted by atomic mass is 9.90. The zero-order valence-electron chi connectivity index (χ0n) is 16.5. The maximum absolute atomic E-state index is 11.7. The SMILES string of the molecule is NS(=O)(=O)c1ccc2c(c1)OCCC([C@@H](c1ccccc1)c1cc3cnccc3s1)O2. The van der Waals surface area contributed by atoms with Gasteiger partial charge in [0, 0.05) is 39.8 Å². The molecule has 8 heteroatoms. The lowest BCUT2D eigenvalue weighted by Gasteiger charge is -2.26. The number of ether oxygens (including phenoxy) is 2. The number of hydrogen-bond acceptors (Lipinski definition) is 6. The summed E-state index contributed by atoms with van der Waals surface area (Å²) in [6, 6.07) is 18.9. The first-order chi connectivity index (χ1) is 15.0. The van der Waals surface area contributed by atoms with Crippen LogP contribution in [0.3, 0.4) is 0 Å². The van der Waals surface area contributed by atoms with Gasteiger partial charge in [-0.2, -0.15) is 0 Å². The summed E-state index contributed by atoms with van der Waals surface area (Å²) in [7, 11) is -3.82. The fourth-order valence-electron chi connectivity index (χ4n) is 3.90. The predicted octanol–water partition coefficient (Wildman–Crippen LogP) is 4.31. The van der Waals surface area contributed by atoms with E-state index in [0.717, 1.165) is 10.9 Å². The Hall–Kier alpha value is -2.94. The predicted molar refractivity (Wildman–Crippen MR) is 120 cm³/mol. The van der Waals surface area contributed by atoms with Crippen LogP contribution in [-0.2, 0) is 10.0 Å². The number of nitrogens with two attached hydrogens (primary N) is 1. The van der Waals surface area contributed by atoms with Gasteiger partial charge in [0.1, 0.15) is 6.10 Å². The van der Waals surface area contributed by atoms with Gasteiger partial charge < -0.3 is 9.47 Å². The van der Waals surface area contributed by atoms with Crippen molar-refractivity contribution in [2.75, 3.05) is 6.61 Å². The van der Waals surface area contributed by atoms with Crippen molar-refractivity contribution >= 4 is 31.4 Å². The Morgan fingerprint density at radius 2 is 1.90 bits per heavy atom. The van der Waals surface area contributed by atoms with Crippen molar-refractivity contribution in [3.05, 3.63) is 83.5 Å². The average Bonchev–Trinajstić information content (AvgIpc) is 3.06. The van der Waals surface area contributed by atoms with Gasteiger partial charge in [-0.3, -0.25) is 4.98 Å². The number of thiophene rings is 1. The Labute approximate surface area is 184 Å². The van der Waals surface area contributed by atoms with Gasteiger partial charge in [-0.1, -0.05) is 30.3 Å². The first-order valence-corrected chi connectivity index (χ1v) is 12.2. The highest BCUT2D eigenvalue weighted by Crippen LogP contribution is 2.41. The van der Waals surface area contributed by atoms with Crippen LogP contribution >= 0.6 is 11.3 Å². The highest BCUT2D eigenvalue weighted by atomic mass is 32.2. The summed E-state index contributed by atoms with van der Waals surface area (Å²) in [5.74, 6) is 0.894. The summed E-state index contributed by atoms with van der Waals surface area (Å²) in [5, 5.41) is 6.37. The van der Waals surface area contributed by atoms with Crippen LogP contribution in [0.25, 0.3) is 10.1 Å². The molecule has 0 fully saturated rings. The summed E-state index contributed by atoms with van der Waals surface area (Å²) >= 11 is 1.73. The largest absolute Gasteiger partial charge is 0.490 e. The van der Waals surface area contributed by atoms with Crippen molar-refractivity contribution < 1.29 is 17.9 Å². The normalized spacial score (nSPS) is 17.3. The molecule has 0 bridgehead atoms. The zero-order chi connectivity index (χ0) is 21.4. The summed E-state index contributed by atoms with van der Waals surface area (Å²) in [5.41, 5.74) is 1.15. The van der Waals surface area contributed by atoms with Crippen molar-refractivity contribution in [3.8, 4) is 11.5 Å². The Balaban J connectivity index is 1.57. The number of aromatic nitrogens is 1. The molecule has 0 saturated heterocycles. The van der Waals surface area contributed by atoms with E-state index in [1.807, 2.05) is 30.5 Å². The standard InChI is InChI=1S/C23H20N2O4S2/c24-31(26,27)17-6-7-18-20(13-17)28-11-9-19(29-18)23(15-4-2-1-3-5-15)22-12-16-14-25-10-8-21(16)30-22/h1-8,10,12-14,19,23H,9,11H2,(H2,24,26,27)/t19?,23-/m1/s1. The minimum atomic E-state index is -3.82. The molecule has 31 heavy (non-hydrogen) atoms. The molecule has 1 aliphatic heterocycles. The molecule has 158 valence electrons. The number of primary sulfonamides is 1. The van der Waals surface area contributed by atoms with Gasteiger partial charge in [0.15, 0.2) is 11.5 Å². The van der Waals surface area contributed by atoms with Crippen molar-refractivity contribution in [3.63, 3.8) is 0 Å². The monoisotopic (exact) mass is 452 g/mol. The van der Waals surface area contributed by atoms with E-state index in [1.54, 1.807) is 23.6 Å². The first-order valence-electron chi connectivity index (χ1n) is 9.84. The molecule has 2 atom stereocenters. The van der Waals surface area contributed by atoms with Crippen LogP contribution in [0.15, 0.2) is 78.0 Å². The lowest BCUT2D eigenvalue weighted by molar-refractivity contribution is 0.174. The fraction of sp³-hybridized carbons (Fsp3) is 0.174. The average molecular weight is 453 g/mol. The molecule has 2 N–H and O–H groups in total. The van der Waals surface area contributed by atoms with E-state index >= 15 is 0 Å². The van der Waals surface area contributed by atoms with Crippen LogP contribution in [0.5, 0.6) is 11.5 Å². The molecule has 4 aromatic rings. The van der Waals surface area contributed by atoms with Gasteiger partial charge in [0.25, 0.3) is 0 Å². The third-order valence-electron chi connectivity index (χ3n) is 5.35. The fourth-order valence-corrected chi connectivity index (χ4v) is 5.64. The Bertz CT molecular complexity index is 1300. The zero-order valence-corrected chi connectivity index (χ0v) is 18.1. The molecular formula is C23H20N2O4S2. The van der Waals surface area contributed by atoms with Crippen LogP contribution in [0.4, 0.5) is 0 Å². The van der Waals surface area contributed by atoms with E-state index in [4.69, 9.17) is 14.6 Å². The number of fused-ring (bicyclic) bond motifs is 2. The summed E-state index contributed by atoms with van der Waals surface area (Å²) in [6.07, 6.45) is 4.13. The van der Waals surface area contributed by atoms with Crippen molar-refractivity contribution in [1.82, 2.24) is 4.98 Å². The second-order valence-corrected chi connectivity index (χ2v) is 10.1. The molecule has 0 radical (unpaired) electrons. The summed E-state index contributed by atoms with van der Waals surface area (Å²) < 4.78 is 36.9. The van der Waals surface area contributed by atoms with Gasteiger partial charge in [-0.25, -0.2) is 13.6 Å². The molecule has 1 aliphatic rings. The maximum atomic E-state index is 11.7. The first kappa shape index (κ1) is 20.0. The number of nitrogens with zero attached hydrogens (tertiary/aromatic N) is 1. The van der Waals surface area contributed by atoms with Gasteiger partial charge in [-0.15, -0.1) is 11.3 Å². The quantitative estimate of drug-likeness (QED) is 0.498. The van der Waals surface area contributed by atoms with Crippen molar-refractivity contribution in [2.24, 2.45) is 5.14 Å². The van der Waals surface area contributed by atoms with Crippen molar-refractivity contribution in [1.29, 1.82) is 0 Å². The van der Waals surface area contributed by atoms with E-state index in [-0.39, 0.29) is 16.9 Å². The molecule has 0 spiro atoms. The minimum Gasteiger partial charge on any atom is -0.490 e. The molecule has 3 heterocycles.